The van der Waals surface area contributed by atoms with E-state index in [1.165, 1.54) is 0 Å². The second-order valence-corrected chi connectivity index (χ2v) is 4.19. The fraction of sp³-hybridized carbons (Fsp3) is 0.467. The van der Waals surface area contributed by atoms with Gasteiger partial charge in [0.2, 0.25) is 0 Å². The predicted molar refractivity (Wildman–Crippen MR) is 72.7 cm³/mol. The number of aldehydes is 1. The first-order chi connectivity index (χ1) is 9.15. The summed E-state index contributed by atoms with van der Waals surface area (Å²) in [5.74, 6) is 0.417. The van der Waals surface area contributed by atoms with Gasteiger partial charge in [0.1, 0.15) is 6.29 Å². The molecule has 0 bridgehead atoms. The van der Waals surface area contributed by atoms with Gasteiger partial charge in [0, 0.05) is 5.56 Å². The van der Waals surface area contributed by atoms with Gasteiger partial charge in [0.15, 0.2) is 11.5 Å². The first-order valence-corrected chi connectivity index (χ1v) is 6.59. The van der Waals surface area contributed by atoms with Crippen LogP contribution in [0.5, 0.6) is 11.5 Å². The number of hydrogen-bond donors (Lipinski definition) is 0. The molecule has 0 saturated heterocycles. The molecule has 0 heterocycles. The Bertz CT molecular complexity index is 436. The molecule has 0 fully saturated rings. The number of rotatable bonds is 7. The fourth-order valence-electron chi connectivity index (χ4n) is 1.76. The number of hydrogen-bond acceptors (Lipinski definition) is 4. The number of carbonyl (C=O) groups excluding carboxylic acids is 2. The van der Waals surface area contributed by atoms with Gasteiger partial charge in [-0.05, 0) is 38.0 Å². The van der Waals surface area contributed by atoms with Crippen LogP contribution in [0.4, 0.5) is 0 Å². The lowest BCUT2D eigenvalue weighted by molar-refractivity contribution is -0.139. The van der Waals surface area contributed by atoms with E-state index in [1.807, 2.05) is 20.8 Å². The fourth-order valence-corrected chi connectivity index (χ4v) is 1.76. The van der Waals surface area contributed by atoms with E-state index < -0.39 is 0 Å². The van der Waals surface area contributed by atoms with Crippen LogP contribution in [0.1, 0.15) is 44.0 Å². The van der Waals surface area contributed by atoms with E-state index in [4.69, 9.17) is 9.47 Å². The van der Waals surface area contributed by atoms with Gasteiger partial charge in [-0.2, -0.15) is 0 Å². The van der Waals surface area contributed by atoms with E-state index in [0.29, 0.717) is 23.7 Å². The third-order valence-corrected chi connectivity index (χ3v) is 2.93. The summed E-state index contributed by atoms with van der Waals surface area (Å²) in [6, 6.07) is 4.77. The quantitative estimate of drug-likeness (QED) is 0.431. The van der Waals surface area contributed by atoms with Crippen LogP contribution in [0.15, 0.2) is 18.2 Å². The molecule has 0 aliphatic heterocycles. The Labute approximate surface area is 113 Å². The van der Waals surface area contributed by atoms with Crippen molar-refractivity contribution in [2.75, 3.05) is 6.61 Å². The summed E-state index contributed by atoms with van der Waals surface area (Å²) in [5, 5.41) is 0. The van der Waals surface area contributed by atoms with Crippen molar-refractivity contribution in [3.63, 3.8) is 0 Å². The van der Waals surface area contributed by atoms with Gasteiger partial charge >= 0.3 is 5.97 Å². The normalized spacial score (nSPS) is 10.3. The van der Waals surface area contributed by atoms with Crippen molar-refractivity contribution in [3.8, 4) is 11.5 Å². The predicted octanol–water partition coefficient (Wildman–Crippen LogP) is 3.24. The van der Waals surface area contributed by atoms with E-state index >= 15 is 0 Å². The third kappa shape index (κ3) is 4.09. The largest absolute Gasteiger partial charge is 0.490 e. The molecule has 0 unspecified atom stereocenters. The molecular weight excluding hydrogens is 244 g/mol. The zero-order valence-corrected chi connectivity index (χ0v) is 11.6. The molecule has 0 saturated carbocycles. The number of carbonyl (C=O) groups is 2. The Morgan fingerprint density at radius 1 is 1.21 bits per heavy atom. The summed E-state index contributed by atoms with van der Waals surface area (Å²) in [5.41, 5.74) is 0.491. The Morgan fingerprint density at radius 3 is 2.42 bits per heavy atom. The summed E-state index contributed by atoms with van der Waals surface area (Å²) >= 11 is 0. The zero-order chi connectivity index (χ0) is 14.3. The summed E-state index contributed by atoms with van der Waals surface area (Å²) in [6.07, 6.45) is 2.21. The minimum atomic E-state index is -0.259. The molecule has 0 amide bonds. The SMILES string of the molecule is CCOc1cc(C=O)ccc1OC(=O)C(CC)CC. The van der Waals surface area contributed by atoms with Gasteiger partial charge in [0.05, 0.1) is 12.5 Å². The molecular formula is C15H20O4. The standard InChI is InChI=1S/C15H20O4/c1-4-12(5-2)15(17)19-13-8-7-11(10-16)9-14(13)18-6-3/h7-10,12H,4-6H2,1-3H3. The maximum absolute atomic E-state index is 11.9. The van der Waals surface area contributed by atoms with E-state index in [9.17, 15) is 9.59 Å². The van der Waals surface area contributed by atoms with Crippen LogP contribution in [0.2, 0.25) is 0 Å². The lowest BCUT2D eigenvalue weighted by atomic mass is 10.0. The Kier molecular flexibility index (Phi) is 6.06. The topological polar surface area (TPSA) is 52.6 Å². The smallest absolute Gasteiger partial charge is 0.314 e. The summed E-state index contributed by atoms with van der Waals surface area (Å²) in [4.78, 5) is 22.7. The van der Waals surface area contributed by atoms with Crippen molar-refractivity contribution in [1.29, 1.82) is 0 Å². The van der Waals surface area contributed by atoms with Crippen LogP contribution in [0.25, 0.3) is 0 Å². The molecule has 1 aromatic rings. The van der Waals surface area contributed by atoms with Crippen molar-refractivity contribution >= 4 is 12.3 Å². The van der Waals surface area contributed by atoms with Crippen molar-refractivity contribution in [3.05, 3.63) is 23.8 Å². The Balaban J connectivity index is 2.93. The van der Waals surface area contributed by atoms with E-state index in [1.54, 1.807) is 18.2 Å². The highest BCUT2D eigenvalue weighted by Gasteiger charge is 2.18. The van der Waals surface area contributed by atoms with E-state index in [0.717, 1.165) is 19.1 Å². The molecule has 0 aliphatic carbocycles. The minimum Gasteiger partial charge on any atom is -0.490 e. The number of ether oxygens (including phenoxy) is 2. The molecule has 0 spiro atoms. The van der Waals surface area contributed by atoms with Crippen LogP contribution < -0.4 is 9.47 Å². The van der Waals surface area contributed by atoms with Crippen molar-refractivity contribution in [2.45, 2.75) is 33.6 Å². The van der Waals surface area contributed by atoms with Gasteiger partial charge in [-0.15, -0.1) is 0 Å². The molecule has 0 radical (unpaired) electrons. The molecule has 0 N–H and O–H groups in total. The van der Waals surface area contributed by atoms with Crippen molar-refractivity contribution < 1.29 is 19.1 Å². The van der Waals surface area contributed by atoms with E-state index in [2.05, 4.69) is 0 Å². The highest BCUT2D eigenvalue weighted by atomic mass is 16.6. The summed E-state index contributed by atoms with van der Waals surface area (Å²) in [6.45, 7) is 6.18. The molecule has 104 valence electrons. The zero-order valence-electron chi connectivity index (χ0n) is 11.6. The second-order valence-electron chi connectivity index (χ2n) is 4.19. The maximum Gasteiger partial charge on any atom is 0.314 e. The highest BCUT2D eigenvalue weighted by molar-refractivity contribution is 5.79. The van der Waals surface area contributed by atoms with Gasteiger partial charge < -0.3 is 9.47 Å². The number of benzene rings is 1. The van der Waals surface area contributed by atoms with Crippen LogP contribution >= 0.6 is 0 Å². The average Bonchev–Trinajstić information content (AvgIpc) is 2.42. The van der Waals surface area contributed by atoms with Crippen molar-refractivity contribution in [1.82, 2.24) is 0 Å². The van der Waals surface area contributed by atoms with Crippen LogP contribution in [0.3, 0.4) is 0 Å². The van der Waals surface area contributed by atoms with E-state index in [-0.39, 0.29) is 11.9 Å². The van der Waals surface area contributed by atoms with Gasteiger partial charge in [0.25, 0.3) is 0 Å². The molecule has 0 aliphatic rings. The monoisotopic (exact) mass is 264 g/mol. The lowest BCUT2D eigenvalue weighted by Crippen LogP contribution is -2.19. The molecule has 0 atom stereocenters. The summed E-state index contributed by atoms with van der Waals surface area (Å²) in [7, 11) is 0. The van der Waals surface area contributed by atoms with Crippen LogP contribution in [0, 0.1) is 5.92 Å². The molecule has 1 rings (SSSR count). The molecule has 1 aromatic carbocycles. The second kappa shape index (κ2) is 7.56. The Hall–Kier alpha value is -1.84. The Morgan fingerprint density at radius 2 is 1.89 bits per heavy atom. The molecule has 4 nitrogen and oxygen atoms in total. The maximum atomic E-state index is 11.9. The first kappa shape index (κ1) is 15.2. The van der Waals surface area contributed by atoms with Crippen LogP contribution in [-0.4, -0.2) is 18.9 Å². The molecule has 19 heavy (non-hydrogen) atoms. The minimum absolute atomic E-state index is 0.111. The van der Waals surface area contributed by atoms with Gasteiger partial charge in [-0.3, -0.25) is 9.59 Å². The van der Waals surface area contributed by atoms with Gasteiger partial charge in [-0.25, -0.2) is 0 Å². The third-order valence-electron chi connectivity index (χ3n) is 2.93. The number of esters is 1. The highest BCUT2D eigenvalue weighted by Crippen LogP contribution is 2.29. The van der Waals surface area contributed by atoms with Gasteiger partial charge in [-0.1, -0.05) is 13.8 Å². The molecule has 4 heteroatoms. The average molecular weight is 264 g/mol. The lowest BCUT2D eigenvalue weighted by Gasteiger charge is -2.14. The summed E-state index contributed by atoms with van der Waals surface area (Å²) < 4.78 is 10.8. The van der Waals surface area contributed by atoms with Crippen molar-refractivity contribution in [2.24, 2.45) is 5.92 Å². The van der Waals surface area contributed by atoms with Crippen LogP contribution in [-0.2, 0) is 4.79 Å². The first-order valence-electron chi connectivity index (χ1n) is 6.59. The molecule has 0 aromatic heterocycles.